The molecule has 0 unspecified atom stereocenters. The zero-order chi connectivity index (χ0) is 13.8. The summed E-state index contributed by atoms with van der Waals surface area (Å²) < 4.78 is 1.89. The number of benzene rings is 1. The minimum Gasteiger partial charge on any atom is -0.298 e. The molecule has 0 aliphatic rings. The normalized spacial score (nSPS) is 10.8. The summed E-state index contributed by atoms with van der Waals surface area (Å²) in [4.78, 5) is 12.0. The Labute approximate surface area is 120 Å². The van der Waals surface area contributed by atoms with Crippen LogP contribution in [0, 0.1) is 0 Å². The lowest BCUT2D eigenvalue weighted by atomic mass is 10.1. The van der Waals surface area contributed by atoms with Crippen LogP contribution in [0.1, 0.15) is 5.56 Å². The minimum absolute atomic E-state index is 0.189. The highest BCUT2D eigenvalue weighted by Crippen LogP contribution is 2.17. The number of rotatable bonds is 5. The summed E-state index contributed by atoms with van der Waals surface area (Å²) in [6, 6.07) is 15.5. The van der Waals surface area contributed by atoms with Crippen LogP contribution in [-0.4, -0.2) is 26.1 Å². The second-order valence-electron chi connectivity index (χ2n) is 4.40. The average Bonchev–Trinajstić information content (AvgIpc) is 2.89. The lowest BCUT2D eigenvalue weighted by molar-refractivity contribution is -0.116. The molecule has 0 N–H and O–H groups in total. The maximum absolute atomic E-state index is 12.0. The Hall–Kier alpha value is -2.14. The van der Waals surface area contributed by atoms with E-state index in [0.29, 0.717) is 12.2 Å². The Morgan fingerprint density at radius 3 is 2.70 bits per heavy atom. The van der Waals surface area contributed by atoms with Crippen molar-refractivity contribution in [2.24, 2.45) is 0 Å². The van der Waals surface area contributed by atoms with Gasteiger partial charge in [-0.05, 0) is 17.7 Å². The number of Topliss-reactive ketones (excluding diaryl/α,β-unsaturated/α-hetero) is 1. The molecule has 2 heterocycles. The molecule has 0 bridgehead atoms. The molecule has 0 spiro atoms. The molecule has 0 amide bonds. The van der Waals surface area contributed by atoms with Crippen LogP contribution in [0.15, 0.2) is 59.9 Å². The van der Waals surface area contributed by atoms with E-state index in [1.54, 1.807) is 0 Å². The molecule has 0 saturated heterocycles. The van der Waals surface area contributed by atoms with E-state index in [9.17, 15) is 4.79 Å². The molecule has 3 rings (SSSR count). The molecule has 5 heteroatoms. The summed E-state index contributed by atoms with van der Waals surface area (Å²) >= 11 is 1.42. The number of aromatic nitrogens is 3. The van der Waals surface area contributed by atoms with Crippen LogP contribution in [0.2, 0.25) is 0 Å². The molecule has 20 heavy (non-hydrogen) atoms. The predicted octanol–water partition coefficient (Wildman–Crippen LogP) is 2.63. The van der Waals surface area contributed by atoms with E-state index >= 15 is 0 Å². The maximum Gasteiger partial charge on any atom is 0.196 e. The number of carbonyl (C=O) groups is 1. The number of nitrogens with zero attached hydrogens (tertiary/aromatic N) is 3. The van der Waals surface area contributed by atoms with E-state index in [4.69, 9.17) is 0 Å². The molecule has 2 aromatic heterocycles. The van der Waals surface area contributed by atoms with Gasteiger partial charge in [-0.25, -0.2) is 0 Å². The molecule has 0 radical (unpaired) electrons. The SMILES string of the molecule is O=C(CSc1nnc2ccccn12)Cc1ccccc1. The van der Waals surface area contributed by atoms with Gasteiger partial charge in [-0.2, -0.15) is 0 Å². The fraction of sp³-hybridized carbons (Fsp3) is 0.133. The summed E-state index contributed by atoms with van der Waals surface area (Å²) in [5.41, 5.74) is 1.84. The molecule has 0 saturated carbocycles. The zero-order valence-corrected chi connectivity index (χ0v) is 11.6. The third-order valence-electron chi connectivity index (χ3n) is 2.89. The van der Waals surface area contributed by atoms with Gasteiger partial charge < -0.3 is 0 Å². The van der Waals surface area contributed by atoms with Gasteiger partial charge in [0.2, 0.25) is 0 Å². The van der Waals surface area contributed by atoms with E-state index in [0.717, 1.165) is 16.4 Å². The highest BCUT2D eigenvalue weighted by atomic mass is 32.2. The molecule has 4 nitrogen and oxygen atoms in total. The monoisotopic (exact) mass is 283 g/mol. The van der Waals surface area contributed by atoms with Gasteiger partial charge >= 0.3 is 0 Å². The molecule has 0 aliphatic carbocycles. The number of fused-ring (bicyclic) bond motifs is 1. The highest BCUT2D eigenvalue weighted by Gasteiger charge is 2.09. The van der Waals surface area contributed by atoms with Crippen LogP contribution < -0.4 is 0 Å². The van der Waals surface area contributed by atoms with Crippen molar-refractivity contribution in [2.75, 3.05) is 5.75 Å². The quantitative estimate of drug-likeness (QED) is 0.675. The van der Waals surface area contributed by atoms with Crippen molar-refractivity contribution in [2.45, 2.75) is 11.6 Å². The van der Waals surface area contributed by atoms with E-state index < -0.39 is 0 Å². The number of pyridine rings is 1. The molecule has 0 atom stereocenters. The van der Waals surface area contributed by atoms with Crippen molar-refractivity contribution in [1.82, 2.24) is 14.6 Å². The third-order valence-corrected chi connectivity index (χ3v) is 3.89. The van der Waals surface area contributed by atoms with Crippen molar-refractivity contribution in [3.05, 3.63) is 60.3 Å². The summed E-state index contributed by atoms with van der Waals surface area (Å²) in [7, 11) is 0. The Morgan fingerprint density at radius 1 is 1.05 bits per heavy atom. The van der Waals surface area contributed by atoms with Gasteiger partial charge in [-0.3, -0.25) is 9.20 Å². The fourth-order valence-corrected chi connectivity index (χ4v) is 2.72. The number of thioether (sulfide) groups is 1. The zero-order valence-electron chi connectivity index (χ0n) is 10.8. The Balaban J connectivity index is 1.63. The molecule has 0 aliphatic heterocycles. The van der Waals surface area contributed by atoms with Crippen LogP contribution in [0.5, 0.6) is 0 Å². The molecule has 1 aromatic carbocycles. The molecular formula is C15H13N3OS. The first kappa shape index (κ1) is 12.9. The summed E-state index contributed by atoms with van der Waals surface area (Å²) in [6.07, 6.45) is 2.36. The lowest BCUT2D eigenvalue weighted by Crippen LogP contribution is -2.06. The maximum atomic E-state index is 12.0. The van der Waals surface area contributed by atoms with Crippen molar-refractivity contribution in [1.29, 1.82) is 0 Å². The summed E-state index contributed by atoms with van der Waals surface area (Å²) in [5.74, 6) is 0.596. The summed E-state index contributed by atoms with van der Waals surface area (Å²) in [5, 5.41) is 8.91. The van der Waals surface area contributed by atoms with Crippen molar-refractivity contribution < 1.29 is 4.79 Å². The van der Waals surface area contributed by atoms with Crippen molar-refractivity contribution in [3.63, 3.8) is 0 Å². The van der Waals surface area contributed by atoms with Crippen LogP contribution in [0.25, 0.3) is 5.65 Å². The molecule has 3 aromatic rings. The first-order chi connectivity index (χ1) is 9.83. The van der Waals surface area contributed by atoms with Gasteiger partial charge in [0.05, 0.1) is 5.75 Å². The first-order valence-electron chi connectivity index (χ1n) is 6.31. The fourth-order valence-electron chi connectivity index (χ4n) is 1.94. The number of hydrogen-bond donors (Lipinski definition) is 0. The van der Waals surface area contributed by atoms with E-state index in [2.05, 4.69) is 10.2 Å². The lowest BCUT2D eigenvalue weighted by Gasteiger charge is -2.01. The summed E-state index contributed by atoms with van der Waals surface area (Å²) in [6.45, 7) is 0. The van der Waals surface area contributed by atoms with Gasteiger partial charge in [-0.1, -0.05) is 48.2 Å². The molecular weight excluding hydrogens is 270 g/mol. The van der Waals surface area contributed by atoms with Gasteiger partial charge in [0.25, 0.3) is 0 Å². The average molecular weight is 283 g/mol. The predicted molar refractivity (Wildman–Crippen MR) is 78.9 cm³/mol. The van der Waals surface area contributed by atoms with Crippen LogP contribution in [-0.2, 0) is 11.2 Å². The largest absolute Gasteiger partial charge is 0.298 e. The molecule has 0 fully saturated rings. The number of carbonyl (C=O) groups excluding carboxylic acids is 1. The minimum atomic E-state index is 0.189. The second-order valence-corrected chi connectivity index (χ2v) is 5.34. The van der Waals surface area contributed by atoms with Crippen LogP contribution in [0.3, 0.4) is 0 Å². The van der Waals surface area contributed by atoms with E-state index in [1.165, 1.54) is 11.8 Å². The second kappa shape index (κ2) is 5.88. The smallest absolute Gasteiger partial charge is 0.196 e. The van der Waals surface area contributed by atoms with Crippen molar-refractivity contribution in [3.8, 4) is 0 Å². The van der Waals surface area contributed by atoms with Gasteiger partial charge in [0.15, 0.2) is 10.8 Å². The van der Waals surface area contributed by atoms with Crippen LogP contribution >= 0.6 is 11.8 Å². The number of ketones is 1. The van der Waals surface area contributed by atoms with Crippen LogP contribution in [0.4, 0.5) is 0 Å². The van der Waals surface area contributed by atoms with E-state index in [1.807, 2.05) is 59.1 Å². The standard InChI is InChI=1S/C15H13N3OS/c19-13(10-12-6-2-1-3-7-12)11-20-15-17-16-14-8-4-5-9-18(14)15/h1-9H,10-11H2. The van der Waals surface area contributed by atoms with E-state index in [-0.39, 0.29) is 5.78 Å². The highest BCUT2D eigenvalue weighted by molar-refractivity contribution is 7.99. The topological polar surface area (TPSA) is 47.3 Å². The van der Waals surface area contributed by atoms with Gasteiger partial charge in [0.1, 0.15) is 5.78 Å². The Kier molecular flexibility index (Phi) is 3.78. The number of hydrogen-bond acceptors (Lipinski definition) is 4. The first-order valence-corrected chi connectivity index (χ1v) is 7.30. The Morgan fingerprint density at radius 2 is 1.85 bits per heavy atom. The van der Waals surface area contributed by atoms with Gasteiger partial charge in [-0.15, -0.1) is 10.2 Å². The molecule has 100 valence electrons. The third kappa shape index (κ3) is 2.88. The Bertz CT molecular complexity index is 724. The van der Waals surface area contributed by atoms with Crippen molar-refractivity contribution >= 4 is 23.2 Å². The van der Waals surface area contributed by atoms with Gasteiger partial charge in [0, 0.05) is 12.6 Å².